The van der Waals surface area contributed by atoms with Crippen LogP contribution in [0.3, 0.4) is 0 Å². The summed E-state index contributed by atoms with van der Waals surface area (Å²) >= 11 is 0. The minimum Gasteiger partial charge on any atom is -0.399 e. The van der Waals surface area contributed by atoms with Crippen molar-refractivity contribution < 1.29 is 4.79 Å². The quantitative estimate of drug-likeness (QED) is 0.800. The normalized spacial score (nSPS) is 11.9. The van der Waals surface area contributed by atoms with Gasteiger partial charge in [0.1, 0.15) is 0 Å². The molecular formula is C18H22N2O. The first kappa shape index (κ1) is 15.1. The summed E-state index contributed by atoms with van der Waals surface area (Å²) in [6.45, 7) is 2.79. The maximum absolute atomic E-state index is 11.9. The number of nitrogen functional groups attached to an aromatic ring is 1. The number of rotatable bonds is 6. The second kappa shape index (κ2) is 7.48. The standard InChI is InChI=1S/C18H22N2O/c1-14(16-7-3-2-4-8-16)13-20-18(21)11-10-15-6-5-9-17(19)12-15/h2-9,12,14H,10-11,13,19H2,1H3,(H,20,21). The van der Waals surface area contributed by atoms with Crippen molar-refractivity contribution in [3.63, 3.8) is 0 Å². The molecule has 0 saturated heterocycles. The SMILES string of the molecule is CC(CNC(=O)CCc1cccc(N)c1)c1ccccc1. The fourth-order valence-corrected chi connectivity index (χ4v) is 2.26. The van der Waals surface area contributed by atoms with Gasteiger partial charge in [-0.25, -0.2) is 0 Å². The molecule has 3 N–H and O–H groups in total. The molecule has 0 radical (unpaired) electrons. The number of aryl methyl sites for hydroxylation is 1. The highest BCUT2D eigenvalue weighted by Crippen LogP contribution is 2.13. The van der Waals surface area contributed by atoms with Crippen molar-refractivity contribution in [3.8, 4) is 0 Å². The van der Waals surface area contributed by atoms with Crippen molar-refractivity contribution in [2.24, 2.45) is 0 Å². The number of benzene rings is 2. The van der Waals surface area contributed by atoms with E-state index in [0.29, 0.717) is 18.9 Å². The minimum absolute atomic E-state index is 0.0835. The van der Waals surface area contributed by atoms with Crippen molar-refractivity contribution in [3.05, 3.63) is 65.7 Å². The van der Waals surface area contributed by atoms with Gasteiger partial charge in [0, 0.05) is 18.7 Å². The second-order valence-electron chi connectivity index (χ2n) is 5.36. The molecule has 1 atom stereocenters. The van der Waals surface area contributed by atoms with E-state index in [2.05, 4.69) is 24.4 Å². The molecule has 0 aliphatic carbocycles. The fourth-order valence-electron chi connectivity index (χ4n) is 2.26. The molecule has 2 aromatic rings. The van der Waals surface area contributed by atoms with E-state index in [1.165, 1.54) is 5.56 Å². The summed E-state index contributed by atoms with van der Waals surface area (Å²) in [5.41, 5.74) is 8.81. The zero-order valence-corrected chi connectivity index (χ0v) is 12.4. The van der Waals surface area contributed by atoms with Crippen LogP contribution in [0.4, 0.5) is 5.69 Å². The summed E-state index contributed by atoms with van der Waals surface area (Å²) in [5.74, 6) is 0.405. The monoisotopic (exact) mass is 282 g/mol. The van der Waals surface area contributed by atoms with Crippen LogP contribution >= 0.6 is 0 Å². The first-order valence-electron chi connectivity index (χ1n) is 7.31. The summed E-state index contributed by atoms with van der Waals surface area (Å²) in [5, 5.41) is 3.00. The number of carbonyl (C=O) groups is 1. The van der Waals surface area contributed by atoms with Gasteiger partial charge in [-0.3, -0.25) is 4.79 Å². The third kappa shape index (κ3) is 4.95. The highest BCUT2D eigenvalue weighted by atomic mass is 16.1. The Bertz CT molecular complexity index is 581. The Morgan fingerprint density at radius 1 is 1.14 bits per heavy atom. The first-order chi connectivity index (χ1) is 10.1. The van der Waals surface area contributed by atoms with Crippen LogP contribution in [0.15, 0.2) is 54.6 Å². The number of carbonyl (C=O) groups excluding carboxylic acids is 1. The number of hydrogen-bond donors (Lipinski definition) is 2. The van der Waals surface area contributed by atoms with E-state index in [-0.39, 0.29) is 5.91 Å². The van der Waals surface area contributed by atoms with Crippen molar-refractivity contribution in [1.29, 1.82) is 0 Å². The highest BCUT2D eigenvalue weighted by molar-refractivity contribution is 5.76. The lowest BCUT2D eigenvalue weighted by Crippen LogP contribution is -2.27. The van der Waals surface area contributed by atoms with Gasteiger partial charge in [-0.15, -0.1) is 0 Å². The molecule has 0 aromatic heterocycles. The van der Waals surface area contributed by atoms with Crippen LogP contribution < -0.4 is 11.1 Å². The van der Waals surface area contributed by atoms with Crippen LogP contribution in [-0.4, -0.2) is 12.5 Å². The molecule has 0 aliphatic heterocycles. The lowest BCUT2D eigenvalue weighted by Gasteiger charge is -2.13. The van der Waals surface area contributed by atoms with E-state index < -0.39 is 0 Å². The van der Waals surface area contributed by atoms with E-state index in [9.17, 15) is 4.79 Å². The first-order valence-corrected chi connectivity index (χ1v) is 7.31. The van der Waals surface area contributed by atoms with Crippen LogP contribution in [0, 0.1) is 0 Å². The molecule has 2 aromatic carbocycles. The van der Waals surface area contributed by atoms with E-state index in [4.69, 9.17) is 5.73 Å². The predicted octanol–water partition coefficient (Wildman–Crippen LogP) is 3.12. The van der Waals surface area contributed by atoms with Crippen LogP contribution in [0.5, 0.6) is 0 Å². The van der Waals surface area contributed by atoms with Gasteiger partial charge in [0.25, 0.3) is 0 Å². The number of nitrogens with two attached hydrogens (primary N) is 1. The summed E-state index contributed by atoms with van der Waals surface area (Å²) in [4.78, 5) is 11.9. The maximum Gasteiger partial charge on any atom is 0.220 e. The maximum atomic E-state index is 11.9. The van der Waals surface area contributed by atoms with Crippen LogP contribution in [0.25, 0.3) is 0 Å². The van der Waals surface area contributed by atoms with Gasteiger partial charge in [-0.1, -0.05) is 49.4 Å². The molecule has 110 valence electrons. The average Bonchev–Trinajstić information content (AvgIpc) is 2.51. The van der Waals surface area contributed by atoms with Crippen molar-refractivity contribution >= 4 is 11.6 Å². The number of hydrogen-bond acceptors (Lipinski definition) is 2. The Morgan fingerprint density at radius 3 is 2.62 bits per heavy atom. The number of anilines is 1. The van der Waals surface area contributed by atoms with Gasteiger partial charge in [0.05, 0.1) is 0 Å². The van der Waals surface area contributed by atoms with E-state index in [1.807, 2.05) is 42.5 Å². The van der Waals surface area contributed by atoms with Crippen LogP contribution in [0.2, 0.25) is 0 Å². The van der Waals surface area contributed by atoms with Crippen molar-refractivity contribution in [2.45, 2.75) is 25.7 Å². The Labute approximate surface area is 126 Å². The molecule has 21 heavy (non-hydrogen) atoms. The Morgan fingerprint density at radius 2 is 1.90 bits per heavy atom. The Hall–Kier alpha value is -2.29. The zero-order chi connectivity index (χ0) is 15.1. The molecular weight excluding hydrogens is 260 g/mol. The van der Waals surface area contributed by atoms with E-state index in [0.717, 1.165) is 17.7 Å². The topological polar surface area (TPSA) is 55.1 Å². The third-order valence-electron chi connectivity index (χ3n) is 3.57. The largest absolute Gasteiger partial charge is 0.399 e. The van der Waals surface area contributed by atoms with Crippen LogP contribution in [0.1, 0.15) is 30.4 Å². The highest BCUT2D eigenvalue weighted by Gasteiger charge is 2.07. The molecule has 2 rings (SSSR count). The molecule has 3 nitrogen and oxygen atoms in total. The second-order valence-corrected chi connectivity index (χ2v) is 5.36. The molecule has 1 amide bonds. The lowest BCUT2D eigenvalue weighted by atomic mass is 10.0. The molecule has 0 bridgehead atoms. The van der Waals surface area contributed by atoms with E-state index >= 15 is 0 Å². The summed E-state index contributed by atoms with van der Waals surface area (Å²) in [6.07, 6.45) is 1.21. The van der Waals surface area contributed by atoms with Crippen LogP contribution in [-0.2, 0) is 11.2 Å². The molecule has 3 heteroatoms. The molecule has 0 aliphatic rings. The summed E-state index contributed by atoms with van der Waals surface area (Å²) < 4.78 is 0. The Balaban J connectivity index is 1.75. The van der Waals surface area contributed by atoms with Gasteiger partial charge >= 0.3 is 0 Å². The molecule has 0 fully saturated rings. The average molecular weight is 282 g/mol. The Kier molecular flexibility index (Phi) is 5.38. The molecule has 0 spiro atoms. The zero-order valence-electron chi connectivity index (χ0n) is 12.4. The molecule has 0 heterocycles. The molecule has 0 saturated carbocycles. The number of amides is 1. The predicted molar refractivity (Wildman–Crippen MR) is 87.0 cm³/mol. The van der Waals surface area contributed by atoms with Gasteiger partial charge in [-0.2, -0.15) is 0 Å². The van der Waals surface area contributed by atoms with Crippen molar-refractivity contribution in [1.82, 2.24) is 5.32 Å². The van der Waals surface area contributed by atoms with Gasteiger partial charge in [0.15, 0.2) is 0 Å². The molecule has 1 unspecified atom stereocenters. The van der Waals surface area contributed by atoms with Gasteiger partial charge < -0.3 is 11.1 Å². The minimum atomic E-state index is 0.0835. The number of nitrogens with one attached hydrogen (secondary N) is 1. The van der Waals surface area contributed by atoms with Gasteiger partial charge in [-0.05, 0) is 35.6 Å². The van der Waals surface area contributed by atoms with Gasteiger partial charge in [0.2, 0.25) is 5.91 Å². The fraction of sp³-hybridized carbons (Fsp3) is 0.278. The summed E-state index contributed by atoms with van der Waals surface area (Å²) in [6, 6.07) is 17.9. The smallest absolute Gasteiger partial charge is 0.220 e. The van der Waals surface area contributed by atoms with Crippen molar-refractivity contribution in [2.75, 3.05) is 12.3 Å². The third-order valence-corrected chi connectivity index (χ3v) is 3.57. The van der Waals surface area contributed by atoms with E-state index in [1.54, 1.807) is 0 Å². The lowest BCUT2D eigenvalue weighted by molar-refractivity contribution is -0.121. The summed E-state index contributed by atoms with van der Waals surface area (Å²) in [7, 11) is 0.